The zero-order valence-corrected chi connectivity index (χ0v) is 12.0. The highest BCUT2D eigenvalue weighted by Gasteiger charge is 2.15. The number of halogens is 4. The Hall–Kier alpha value is -0.970. The van der Waals surface area contributed by atoms with Crippen LogP contribution in [0.15, 0.2) is 40.9 Å². The molecule has 0 aliphatic carbocycles. The number of aliphatic hydroxyl groups excluding tert-OH is 1. The molecule has 1 N–H and O–H groups in total. The van der Waals surface area contributed by atoms with Crippen molar-refractivity contribution in [2.75, 3.05) is 0 Å². The first-order chi connectivity index (χ1) is 8.97. The predicted octanol–water partition coefficient (Wildman–Crippen LogP) is 4.66. The average molecular weight is 348 g/mol. The summed E-state index contributed by atoms with van der Waals surface area (Å²) in [5, 5.41) is 9.97. The van der Waals surface area contributed by atoms with Crippen molar-refractivity contribution in [3.8, 4) is 0 Å². The van der Waals surface area contributed by atoms with Crippen LogP contribution >= 0.6 is 27.5 Å². The van der Waals surface area contributed by atoms with Gasteiger partial charge in [-0.15, -0.1) is 0 Å². The van der Waals surface area contributed by atoms with Gasteiger partial charge in [0.25, 0.3) is 0 Å². The predicted molar refractivity (Wildman–Crippen MR) is 74.2 cm³/mol. The maximum absolute atomic E-state index is 13.3. The van der Waals surface area contributed by atoms with Gasteiger partial charge in [0.05, 0.1) is 11.1 Å². The normalized spacial score (nSPS) is 12.5. The Morgan fingerprint density at radius 3 is 2.63 bits per heavy atom. The minimum absolute atomic E-state index is 0.106. The molecule has 0 aliphatic rings. The number of rotatable bonds is 3. The Labute approximate surface area is 123 Å². The second-order valence-corrected chi connectivity index (χ2v) is 5.43. The van der Waals surface area contributed by atoms with Gasteiger partial charge in [-0.3, -0.25) is 0 Å². The molecule has 19 heavy (non-hydrogen) atoms. The molecule has 2 rings (SSSR count). The number of aliphatic hydroxyl groups is 1. The van der Waals surface area contributed by atoms with Crippen LogP contribution in [0.1, 0.15) is 17.2 Å². The highest BCUT2D eigenvalue weighted by molar-refractivity contribution is 9.10. The third-order valence-electron chi connectivity index (χ3n) is 2.69. The molecule has 5 heteroatoms. The summed E-state index contributed by atoms with van der Waals surface area (Å²) < 4.78 is 27.1. The first-order valence-electron chi connectivity index (χ1n) is 5.54. The summed E-state index contributed by atoms with van der Waals surface area (Å²) >= 11 is 8.98. The highest BCUT2D eigenvalue weighted by Crippen LogP contribution is 2.28. The van der Waals surface area contributed by atoms with Crippen molar-refractivity contribution >= 4 is 27.5 Å². The van der Waals surface area contributed by atoms with Crippen molar-refractivity contribution in [2.24, 2.45) is 0 Å². The van der Waals surface area contributed by atoms with Gasteiger partial charge >= 0.3 is 0 Å². The van der Waals surface area contributed by atoms with E-state index in [1.807, 2.05) is 0 Å². The highest BCUT2D eigenvalue weighted by atomic mass is 79.9. The molecule has 0 amide bonds. The van der Waals surface area contributed by atoms with Crippen LogP contribution in [0.4, 0.5) is 8.78 Å². The van der Waals surface area contributed by atoms with Crippen molar-refractivity contribution < 1.29 is 13.9 Å². The van der Waals surface area contributed by atoms with Gasteiger partial charge in [0.15, 0.2) is 0 Å². The Kier molecular flexibility index (Phi) is 4.55. The Bertz CT molecular complexity index is 584. The van der Waals surface area contributed by atoms with Crippen LogP contribution in [-0.4, -0.2) is 5.11 Å². The molecule has 0 fully saturated rings. The summed E-state index contributed by atoms with van der Waals surface area (Å²) in [6, 6.07) is 8.58. The maximum atomic E-state index is 13.3. The van der Waals surface area contributed by atoms with Crippen LogP contribution in [0.2, 0.25) is 5.02 Å². The van der Waals surface area contributed by atoms with Crippen LogP contribution in [0.3, 0.4) is 0 Å². The Morgan fingerprint density at radius 2 is 1.95 bits per heavy atom. The van der Waals surface area contributed by atoms with Gasteiger partial charge < -0.3 is 5.11 Å². The molecule has 1 nitrogen and oxygen atoms in total. The van der Waals surface area contributed by atoms with Gasteiger partial charge in [0.2, 0.25) is 0 Å². The SMILES string of the molecule is OC(Cc1cc(F)cc(Br)c1)c1cccc(F)c1Cl. The first kappa shape index (κ1) is 14.4. The van der Waals surface area contributed by atoms with Gasteiger partial charge in [0.1, 0.15) is 11.6 Å². The molecular weight excluding hydrogens is 338 g/mol. The molecule has 100 valence electrons. The lowest BCUT2D eigenvalue weighted by Gasteiger charge is -2.13. The fraction of sp³-hybridized carbons (Fsp3) is 0.143. The topological polar surface area (TPSA) is 20.2 Å². The van der Waals surface area contributed by atoms with Crippen molar-refractivity contribution in [3.05, 3.63) is 68.7 Å². The van der Waals surface area contributed by atoms with Gasteiger partial charge in [-0.05, 0) is 29.8 Å². The quantitative estimate of drug-likeness (QED) is 0.856. The lowest BCUT2D eigenvalue weighted by molar-refractivity contribution is 0.178. The molecular formula is C14H10BrClF2O. The van der Waals surface area contributed by atoms with E-state index in [9.17, 15) is 13.9 Å². The lowest BCUT2D eigenvalue weighted by Crippen LogP contribution is -2.04. The maximum Gasteiger partial charge on any atom is 0.142 e. The van der Waals surface area contributed by atoms with E-state index in [1.54, 1.807) is 12.1 Å². The van der Waals surface area contributed by atoms with E-state index in [1.165, 1.54) is 24.3 Å². The summed E-state index contributed by atoms with van der Waals surface area (Å²) in [4.78, 5) is 0. The van der Waals surface area contributed by atoms with Crippen molar-refractivity contribution in [1.29, 1.82) is 0 Å². The molecule has 0 aliphatic heterocycles. The third-order valence-corrected chi connectivity index (χ3v) is 3.55. The fourth-order valence-corrected chi connectivity index (χ4v) is 2.60. The number of hydrogen-bond donors (Lipinski definition) is 1. The second kappa shape index (κ2) is 5.99. The van der Waals surface area contributed by atoms with Crippen molar-refractivity contribution in [3.63, 3.8) is 0 Å². The Morgan fingerprint density at radius 1 is 1.21 bits per heavy atom. The molecule has 0 spiro atoms. The summed E-state index contributed by atoms with van der Waals surface area (Å²) in [7, 11) is 0. The fourth-order valence-electron chi connectivity index (χ4n) is 1.84. The molecule has 2 aromatic rings. The molecule has 0 saturated heterocycles. The standard InChI is InChI=1S/C14H10BrClF2O/c15-9-4-8(5-10(17)7-9)6-13(19)11-2-1-3-12(18)14(11)16/h1-5,7,13,19H,6H2. The van der Waals surface area contributed by atoms with Crippen LogP contribution in [-0.2, 0) is 6.42 Å². The van der Waals surface area contributed by atoms with Crippen molar-refractivity contribution in [2.45, 2.75) is 12.5 Å². The van der Waals surface area contributed by atoms with Crippen LogP contribution in [0.5, 0.6) is 0 Å². The van der Waals surface area contributed by atoms with Gasteiger partial charge in [-0.2, -0.15) is 0 Å². The van der Waals surface area contributed by atoms with Crippen molar-refractivity contribution in [1.82, 2.24) is 0 Å². The van der Waals surface area contributed by atoms with E-state index in [4.69, 9.17) is 11.6 Å². The Balaban J connectivity index is 2.25. The smallest absolute Gasteiger partial charge is 0.142 e. The van der Waals surface area contributed by atoms with E-state index < -0.39 is 17.7 Å². The molecule has 0 aromatic heterocycles. The van der Waals surface area contributed by atoms with Gasteiger partial charge in [-0.25, -0.2) is 8.78 Å². The minimum atomic E-state index is -0.989. The molecule has 2 aromatic carbocycles. The van der Waals surface area contributed by atoms with Gasteiger partial charge in [-0.1, -0.05) is 39.7 Å². The molecule has 1 unspecified atom stereocenters. The van der Waals surface area contributed by atoms with E-state index in [0.717, 1.165) is 0 Å². The van der Waals surface area contributed by atoms with Crippen LogP contribution in [0, 0.1) is 11.6 Å². The average Bonchev–Trinajstić information content (AvgIpc) is 2.31. The minimum Gasteiger partial charge on any atom is -0.388 e. The molecule has 0 bridgehead atoms. The summed E-state index contributed by atoms with van der Waals surface area (Å²) in [5.41, 5.74) is 0.891. The van der Waals surface area contributed by atoms with E-state index >= 15 is 0 Å². The molecule has 1 atom stereocenters. The first-order valence-corrected chi connectivity index (χ1v) is 6.71. The lowest BCUT2D eigenvalue weighted by atomic mass is 10.0. The largest absolute Gasteiger partial charge is 0.388 e. The monoisotopic (exact) mass is 346 g/mol. The summed E-state index contributed by atoms with van der Waals surface area (Å²) in [6.07, 6.45) is -0.837. The van der Waals surface area contributed by atoms with E-state index in [2.05, 4.69) is 15.9 Å². The van der Waals surface area contributed by atoms with E-state index in [0.29, 0.717) is 15.6 Å². The van der Waals surface area contributed by atoms with Crippen LogP contribution < -0.4 is 0 Å². The van der Waals surface area contributed by atoms with Crippen LogP contribution in [0.25, 0.3) is 0 Å². The zero-order valence-electron chi connectivity index (χ0n) is 9.71. The van der Waals surface area contributed by atoms with E-state index in [-0.39, 0.29) is 11.4 Å². The molecule has 0 radical (unpaired) electrons. The number of benzene rings is 2. The summed E-state index contributed by atoms with van der Waals surface area (Å²) in [5.74, 6) is -0.986. The second-order valence-electron chi connectivity index (χ2n) is 4.14. The summed E-state index contributed by atoms with van der Waals surface area (Å²) in [6.45, 7) is 0. The van der Waals surface area contributed by atoms with Gasteiger partial charge in [0, 0.05) is 16.5 Å². The number of hydrogen-bond acceptors (Lipinski definition) is 1. The molecule has 0 heterocycles. The molecule has 0 saturated carbocycles. The zero-order chi connectivity index (χ0) is 14.0. The third kappa shape index (κ3) is 3.53.